The Labute approximate surface area is 138 Å². The first-order valence-corrected chi connectivity index (χ1v) is 8.99. The Hall–Kier alpha value is -0.540. The Morgan fingerprint density at radius 1 is 1.33 bits per heavy atom. The van der Waals surface area contributed by atoms with E-state index in [9.17, 15) is 0 Å². The van der Waals surface area contributed by atoms with Gasteiger partial charge in [0.15, 0.2) is 0 Å². The van der Waals surface area contributed by atoms with Crippen LogP contribution in [0.2, 0.25) is 0 Å². The summed E-state index contributed by atoms with van der Waals surface area (Å²) in [6.07, 6.45) is 2.35. The van der Waals surface area contributed by atoms with Crippen molar-refractivity contribution in [1.82, 2.24) is 5.32 Å². The molecule has 1 fully saturated rings. The lowest BCUT2D eigenvalue weighted by atomic mass is 9.86. The van der Waals surface area contributed by atoms with Crippen LogP contribution in [0.5, 0.6) is 0 Å². The van der Waals surface area contributed by atoms with Gasteiger partial charge in [0.2, 0.25) is 0 Å². The van der Waals surface area contributed by atoms with Crippen molar-refractivity contribution in [2.45, 2.75) is 59.0 Å². The molecule has 1 aliphatic heterocycles. The van der Waals surface area contributed by atoms with Crippen molar-refractivity contribution in [3.8, 4) is 0 Å². The van der Waals surface area contributed by atoms with Crippen molar-refractivity contribution in [2.24, 2.45) is 5.92 Å². The highest BCUT2D eigenvalue weighted by atomic mass is 79.9. The summed E-state index contributed by atoms with van der Waals surface area (Å²) >= 11 is 3.76. The normalized spacial score (nSPS) is 21.9. The smallest absolute Gasteiger partial charge is 0.0517 e. The Morgan fingerprint density at radius 3 is 2.57 bits per heavy atom. The van der Waals surface area contributed by atoms with Crippen molar-refractivity contribution >= 4 is 21.6 Å². The van der Waals surface area contributed by atoms with Gasteiger partial charge in [0.25, 0.3) is 0 Å². The van der Waals surface area contributed by atoms with Gasteiger partial charge in [-0.15, -0.1) is 0 Å². The molecule has 1 aliphatic rings. The number of benzene rings is 1. The molecule has 1 unspecified atom stereocenters. The molecule has 1 aromatic carbocycles. The summed E-state index contributed by atoms with van der Waals surface area (Å²) in [4.78, 5) is 2.63. The topological polar surface area (TPSA) is 15.3 Å². The van der Waals surface area contributed by atoms with Gasteiger partial charge in [-0.3, -0.25) is 0 Å². The minimum absolute atomic E-state index is 0.245. The summed E-state index contributed by atoms with van der Waals surface area (Å²) in [5.74, 6) is 0.636. The van der Waals surface area contributed by atoms with Crippen molar-refractivity contribution in [2.75, 3.05) is 18.0 Å². The fourth-order valence-corrected chi connectivity index (χ4v) is 3.83. The number of rotatable bonds is 4. The first-order chi connectivity index (χ1) is 9.92. The average Bonchev–Trinajstić information content (AvgIpc) is 2.49. The van der Waals surface area contributed by atoms with E-state index in [1.165, 1.54) is 28.6 Å². The predicted molar refractivity (Wildman–Crippen MR) is 96.2 cm³/mol. The predicted octanol–water partition coefficient (Wildman–Crippen LogP) is 4.75. The maximum absolute atomic E-state index is 3.84. The number of nitrogens with zero attached hydrogens (tertiary/aromatic N) is 1. The monoisotopic (exact) mass is 352 g/mol. The molecule has 0 saturated carbocycles. The Balaban J connectivity index is 2.40. The SMILES string of the molecule is CCC1(CC)CN(c2cc(C)ccc2Br)C(C(C)C)CN1. The summed E-state index contributed by atoms with van der Waals surface area (Å²) in [7, 11) is 0. The van der Waals surface area contributed by atoms with Crippen molar-refractivity contribution in [1.29, 1.82) is 0 Å². The molecule has 1 N–H and O–H groups in total. The van der Waals surface area contributed by atoms with Gasteiger partial charge in [-0.2, -0.15) is 0 Å². The fraction of sp³-hybridized carbons (Fsp3) is 0.667. The van der Waals surface area contributed by atoms with E-state index in [4.69, 9.17) is 0 Å². The van der Waals surface area contributed by atoms with Crippen LogP contribution in [-0.4, -0.2) is 24.7 Å². The lowest BCUT2D eigenvalue weighted by Crippen LogP contribution is -2.65. The third-order valence-electron chi connectivity index (χ3n) is 5.09. The number of piperazine rings is 1. The molecule has 0 aromatic heterocycles. The molecule has 0 bridgehead atoms. The third kappa shape index (κ3) is 3.45. The molecular formula is C18H29BrN2. The summed E-state index contributed by atoms with van der Waals surface area (Å²) in [6, 6.07) is 7.23. The standard InChI is InChI=1S/C18H29BrN2/c1-6-18(7-2)12-21(17(11-20-18)13(3)4)16-10-14(5)8-9-15(16)19/h8-10,13,17,20H,6-7,11-12H2,1-5H3. The van der Waals surface area contributed by atoms with E-state index < -0.39 is 0 Å². The lowest BCUT2D eigenvalue weighted by molar-refractivity contribution is 0.227. The molecular weight excluding hydrogens is 324 g/mol. The second-order valence-electron chi connectivity index (χ2n) is 6.76. The van der Waals surface area contributed by atoms with Crippen LogP contribution < -0.4 is 10.2 Å². The Morgan fingerprint density at radius 2 is 2.00 bits per heavy atom. The number of anilines is 1. The van der Waals surface area contributed by atoms with Crippen LogP contribution in [0.25, 0.3) is 0 Å². The maximum Gasteiger partial charge on any atom is 0.0517 e. The van der Waals surface area contributed by atoms with Crippen LogP contribution in [0.1, 0.15) is 46.1 Å². The highest BCUT2D eigenvalue weighted by Crippen LogP contribution is 2.35. The second kappa shape index (κ2) is 6.70. The van der Waals surface area contributed by atoms with Crippen LogP contribution in [0.15, 0.2) is 22.7 Å². The van der Waals surface area contributed by atoms with E-state index in [1.54, 1.807) is 0 Å². The number of hydrogen-bond acceptors (Lipinski definition) is 2. The van der Waals surface area contributed by atoms with E-state index in [1.807, 2.05) is 0 Å². The van der Waals surface area contributed by atoms with Crippen molar-refractivity contribution in [3.63, 3.8) is 0 Å². The summed E-state index contributed by atoms with van der Waals surface area (Å²) in [5.41, 5.74) is 2.92. The summed E-state index contributed by atoms with van der Waals surface area (Å²) in [5, 5.41) is 3.84. The van der Waals surface area contributed by atoms with Crippen LogP contribution in [0, 0.1) is 12.8 Å². The number of hydrogen-bond donors (Lipinski definition) is 1. The van der Waals surface area contributed by atoms with Crippen molar-refractivity contribution in [3.05, 3.63) is 28.2 Å². The molecule has 2 rings (SSSR count). The number of halogens is 1. The van der Waals surface area contributed by atoms with Gasteiger partial charge < -0.3 is 10.2 Å². The quantitative estimate of drug-likeness (QED) is 0.840. The largest absolute Gasteiger partial charge is 0.364 e. The molecule has 0 radical (unpaired) electrons. The Bertz CT molecular complexity index is 480. The average molecular weight is 353 g/mol. The zero-order valence-corrected chi connectivity index (χ0v) is 15.6. The first kappa shape index (κ1) is 16.8. The molecule has 1 aromatic rings. The molecule has 3 heteroatoms. The van der Waals surface area contributed by atoms with Gasteiger partial charge in [-0.1, -0.05) is 33.8 Å². The van der Waals surface area contributed by atoms with E-state index in [0.717, 1.165) is 13.1 Å². The van der Waals surface area contributed by atoms with Crippen LogP contribution in [0.4, 0.5) is 5.69 Å². The molecule has 118 valence electrons. The fourth-order valence-electron chi connectivity index (χ4n) is 3.36. The second-order valence-corrected chi connectivity index (χ2v) is 7.62. The van der Waals surface area contributed by atoms with Gasteiger partial charge in [0, 0.05) is 29.1 Å². The molecule has 1 saturated heterocycles. The van der Waals surface area contributed by atoms with E-state index in [2.05, 4.69) is 79.0 Å². The highest BCUT2D eigenvalue weighted by Gasteiger charge is 2.38. The van der Waals surface area contributed by atoms with Gasteiger partial charge in [0.05, 0.1) is 5.69 Å². The van der Waals surface area contributed by atoms with E-state index in [-0.39, 0.29) is 5.54 Å². The number of nitrogens with one attached hydrogen (secondary N) is 1. The summed E-state index contributed by atoms with van der Waals surface area (Å²) < 4.78 is 1.21. The highest BCUT2D eigenvalue weighted by molar-refractivity contribution is 9.10. The molecule has 0 aliphatic carbocycles. The zero-order chi connectivity index (χ0) is 15.6. The van der Waals surface area contributed by atoms with Gasteiger partial charge in [-0.05, 0) is 59.3 Å². The van der Waals surface area contributed by atoms with Crippen LogP contribution in [0.3, 0.4) is 0 Å². The van der Waals surface area contributed by atoms with Gasteiger partial charge in [0.1, 0.15) is 0 Å². The zero-order valence-electron chi connectivity index (χ0n) is 14.0. The molecule has 1 heterocycles. The van der Waals surface area contributed by atoms with Gasteiger partial charge >= 0.3 is 0 Å². The first-order valence-electron chi connectivity index (χ1n) is 8.20. The van der Waals surface area contributed by atoms with Crippen LogP contribution in [-0.2, 0) is 0 Å². The third-order valence-corrected chi connectivity index (χ3v) is 5.76. The molecule has 21 heavy (non-hydrogen) atoms. The van der Waals surface area contributed by atoms with Crippen molar-refractivity contribution < 1.29 is 0 Å². The molecule has 1 atom stereocenters. The minimum Gasteiger partial charge on any atom is -0.364 e. The summed E-state index contributed by atoms with van der Waals surface area (Å²) in [6.45, 7) is 13.6. The van der Waals surface area contributed by atoms with E-state index in [0.29, 0.717) is 12.0 Å². The Kier molecular flexibility index (Phi) is 5.37. The maximum atomic E-state index is 3.84. The molecule has 2 nitrogen and oxygen atoms in total. The number of aryl methyl sites for hydroxylation is 1. The minimum atomic E-state index is 0.245. The molecule has 0 amide bonds. The molecule has 0 spiro atoms. The van der Waals surface area contributed by atoms with Crippen LogP contribution >= 0.6 is 15.9 Å². The lowest BCUT2D eigenvalue weighted by Gasteiger charge is -2.50. The van der Waals surface area contributed by atoms with E-state index >= 15 is 0 Å². The van der Waals surface area contributed by atoms with Gasteiger partial charge in [-0.25, -0.2) is 0 Å².